The van der Waals surface area contributed by atoms with Crippen LogP contribution in [0.15, 0.2) is 35.2 Å². The molecule has 1 rings (SSSR count). The number of halogens is 1. The summed E-state index contributed by atoms with van der Waals surface area (Å²) in [6.07, 6.45) is 0. The normalized spacial score (nSPS) is 15.4. The highest BCUT2D eigenvalue weighted by atomic mass is 32.2. The SMILES string of the molecule is O=[N+]([O-])[C@@](F)(CO)S(=O)(=O)c1ccccc1. The van der Waals surface area contributed by atoms with E-state index in [9.17, 15) is 22.9 Å². The van der Waals surface area contributed by atoms with Gasteiger partial charge in [-0.25, -0.2) is 8.42 Å². The molecule has 0 radical (unpaired) electrons. The van der Waals surface area contributed by atoms with Crippen molar-refractivity contribution in [3.8, 4) is 0 Å². The minimum Gasteiger partial charge on any atom is -0.384 e. The van der Waals surface area contributed by atoms with Crippen molar-refractivity contribution in [2.75, 3.05) is 6.61 Å². The highest BCUT2D eigenvalue weighted by Crippen LogP contribution is 2.27. The Kier molecular flexibility index (Phi) is 3.24. The van der Waals surface area contributed by atoms with E-state index in [1.807, 2.05) is 0 Å². The van der Waals surface area contributed by atoms with E-state index in [4.69, 9.17) is 5.11 Å². The van der Waals surface area contributed by atoms with Crippen LogP contribution >= 0.6 is 0 Å². The number of hydrogen-bond acceptors (Lipinski definition) is 5. The van der Waals surface area contributed by atoms with E-state index in [2.05, 4.69) is 0 Å². The Hall–Kier alpha value is -1.54. The van der Waals surface area contributed by atoms with Crippen molar-refractivity contribution in [3.63, 3.8) is 0 Å². The summed E-state index contributed by atoms with van der Waals surface area (Å²) in [5.41, 5.74) is 0. The Morgan fingerprint density at radius 1 is 1.38 bits per heavy atom. The maximum atomic E-state index is 13.6. The molecule has 1 aromatic carbocycles. The van der Waals surface area contributed by atoms with Gasteiger partial charge in [0.15, 0.2) is 6.61 Å². The van der Waals surface area contributed by atoms with Crippen molar-refractivity contribution in [2.45, 2.75) is 10.0 Å². The number of sulfone groups is 1. The summed E-state index contributed by atoms with van der Waals surface area (Å²) in [5.74, 6) is 0. The molecule has 16 heavy (non-hydrogen) atoms. The standard InChI is InChI=1S/C8H8FNO5S/c9-8(6-11,10(12)13)16(14,15)7-4-2-1-3-5-7/h1-5,11H,6H2/t8-/m0/s1. The zero-order chi connectivity index (χ0) is 12.4. The lowest BCUT2D eigenvalue weighted by Crippen LogP contribution is -2.45. The van der Waals surface area contributed by atoms with Crippen LogP contribution in [-0.4, -0.2) is 30.2 Å². The molecule has 0 fully saturated rings. The predicted octanol–water partition coefficient (Wildman–Crippen LogP) is 0.353. The van der Waals surface area contributed by atoms with Crippen LogP contribution in [0.1, 0.15) is 0 Å². The first-order valence-corrected chi connectivity index (χ1v) is 5.58. The van der Waals surface area contributed by atoms with Crippen LogP contribution in [0.4, 0.5) is 4.39 Å². The smallest absolute Gasteiger partial charge is 0.384 e. The minimum atomic E-state index is -4.87. The monoisotopic (exact) mass is 249 g/mol. The maximum Gasteiger partial charge on any atom is 0.485 e. The number of nitrogens with zero attached hydrogens (tertiary/aromatic N) is 1. The molecule has 0 aliphatic heterocycles. The summed E-state index contributed by atoms with van der Waals surface area (Å²) in [5, 5.41) is 15.0. The summed E-state index contributed by atoms with van der Waals surface area (Å²) in [7, 11) is -4.87. The van der Waals surface area contributed by atoms with E-state index in [1.54, 1.807) is 0 Å². The van der Waals surface area contributed by atoms with Gasteiger partial charge in [-0.15, -0.1) is 4.39 Å². The van der Waals surface area contributed by atoms with Gasteiger partial charge in [-0.2, -0.15) is 0 Å². The maximum absolute atomic E-state index is 13.6. The molecule has 8 heteroatoms. The molecular formula is C8H8FNO5S. The summed E-state index contributed by atoms with van der Waals surface area (Å²) in [6.45, 7) is -1.74. The van der Waals surface area contributed by atoms with E-state index >= 15 is 0 Å². The highest BCUT2D eigenvalue weighted by Gasteiger charge is 2.57. The van der Waals surface area contributed by atoms with Crippen LogP contribution in [0.5, 0.6) is 0 Å². The Labute approximate surface area is 90.4 Å². The predicted molar refractivity (Wildman–Crippen MR) is 51.5 cm³/mol. The average molecular weight is 249 g/mol. The molecule has 0 aliphatic carbocycles. The van der Waals surface area contributed by atoms with Gasteiger partial charge in [-0.05, 0) is 12.1 Å². The summed E-state index contributed by atoms with van der Waals surface area (Å²) in [6, 6.07) is 6.10. The fourth-order valence-corrected chi connectivity index (χ4v) is 2.26. The van der Waals surface area contributed by atoms with Crippen LogP contribution < -0.4 is 0 Å². The summed E-state index contributed by atoms with van der Waals surface area (Å²) < 4.78 is 36.7. The van der Waals surface area contributed by atoms with Gasteiger partial charge >= 0.3 is 5.12 Å². The molecule has 1 atom stereocenters. The fraction of sp³-hybridized carbons (Fsp3) is 0.250. The first kappa shape index (κ1) is 12.5. The molecule has 0 saturated carbocycles. The minimum absolute atomic E-state index is 0.553. The van der Waals surface area contributed by atoms with Crippen molar-refractivity contribution in [1.82, 2.24) is 0 Å². The number of aliphatic hydroxyl groups excluding tert-OH is 1. The molecule has 0 unspecified atom stereocenters. The van der Waals surface area contributed by atoms with Crippen molar-refractivity contribution in [3.05, 3.63) is 40.4 Å². The summed E-state index contributed by atoms with van der Waals surface area (Å²) in [4.78, 5) is 8.15. The van der Waals surface area contributed by atoms with Gasteiger partial charge in [-0.1, -0.05) is 18.2 Å². The first-order chi connectivity index (χ1) is 7.36. The molecule has 0 aliphatic rings. The van der Waals surface area contributed by atoms with Crippen LogP contribution in [0.3, 0.4) is 0 Å². The Morgan fingerprint density at radius 3 is 2.25 bits per heavy atom. The molecule has 0 amide bonds. The molecule has 1 N–H and O–H groups in total. The van der Waals surface area contributed by atoms with Crippen molar-refractivity contribution in [2.24, 2.45) is 0 Å². The van der Waals surface area contributed by atoms with Gasteiger partial charge < -0.3 is 5.11 Å². The Morgan fingerprint density at radius 2 is 1.88 bits per heavy atom. The molecule has 6 nitrogen and oxygen atoms in total. The van der Waals surface area contributed by atoms with E-state index in [-0.39, 0.29) is 0 Å². The van der Waals surface area contributed by atoms with Crippen LogP contribution in [0, 0.1) is 10.1 Å². The van der Waals surface area contributed by atoms with Gasteiger partial charge in [0.25, 0.3) is 9.84 Å². The molecule has 0 bridgehead atoms. The second-order valence-corrected chi connectivity index (χ2v) is 5.02. The van der Waals surface area contributed by atoms with Gasteiger partial charge in [0.1, 0.15) is 0 Å². The zero-order valence-electron chi connectivity index (χ0n) is 7.91. The van der Waals surface area contributed by atoms with Crippen LogP contribution in [0.25, 0.3) is 0 Å². The highest BCUT2D eigenvalue weighted by molar-refractivity contribution is 7.92. The van der Waals surface area contributed by atoms with Gasteiger partial charge in [0.05, 0.1) is 9.82 Å². The fourth-order valence-electron chi connectivity index (χ4n) is 1.02. The quantitative estimate of drug-likeness (QED) is 0.471. The topological polar surface area (TPSA) is 97.5 Å². The van der Waals surface area contributed by atoms with Gasteiger partial charge in [-0.3, -0.25) is 10.1 Å². The second kappa shape index (κ2) is 4.14. The lowest BCUT2D eigenvalue weighted by atomic mass is 10.4. The molecule has 0 spiro atoms. The molecule has 0 heterocycles. The molecule has 0 aromatic heterocycles. The number of hydrogen-bond donors (Lipinski definition) is 1. The van der Waals surface area contributed by atoms with Crippen LogP contribution in [-0.2, 0) is 9.84 Å². The van der Waals surface area contributed by atoms with E-state index in [0.29, 0.717) is 0 Å². The largest absolute Gasteiger partial charge is 0.485 e. The lowest BCUT2D eigenvalue weighted by molar-refractivity contribution is -0.576. The molecule has 1 aromatic rings. The number of rotatable bonds is 4. The van der Waals surface area contributed by atoms with Crippen molar-refractivity contribution >= 4 is 9.84 Å². The average Bonchev–Trinajstić information content (AvgIpc) is 2.28. The van der Waals surface area contributed by atoms with Crippen LogP contribution in [0.2, 0.25) is 0 Å². The Balaban J connectivity index is 3.37. The van der Waals surface area contributed by atoms with Crippen molar-refractivity contribution < 1.29 is 22.8 Å². The van der Waals surface area contributed by atoms with E-state index < -0.39 is 31.4 Å². The molecule has 88 valence electrons. The number of aliphatic hydroxyl groups is 1. The zero-order valence-corrected chi connectivity index (χ0v) is 8.72. The van der Waals surface area contributed by atoms with Crippen molar-refractivity contribution in [1.29, 1.82) is 0 Å². The van der Waals surface area contributed by atoms with E-state index in [1.165, 1.54) is 18.2 Å². The molecule has 0 saturated heterocycles. The third-order valence-corrected chi connectivity index (χ3v) is 3.93. The van der Waals surface area contributed by atoms with E-state index in [0.717, 1.165) is 12.1 Å². The first-order valence-electron chi connectivity index (χ1n) is 4.10. The molecular weight excluding hydrogens is 241 g/mol. The van der Waals surface area contributed by atoms with Gasteiger partial charge in [0.2, 0.25) is 0 Å². The summed E-state index contributed by atoms with van der Waals surface area (Å²) >= 11 is 0. The number of alkyl halides is 1. The van der Waals surface area contributed by atoms with Gasteiger partial charge in [0, 0.05) is 0 Å². The third-order valence-electron chi connectivity index (χ3n) is 1.93. The third kappa shape index (κ3) is 1.76. The lowest BCUT2D eigenvalue weighted by Gasteiger charge is -2.14. The second-order valence-electron chi connectivity index (χ2n) is 2.92. The Bertz CT molecular complexity index is 488. The number of benzene rings is 1. The number of nitro groups is 1.